The van der Waals surface area contributed by atoms with Crippen molar-refractivity contribution >= 4 is 23.1 Å². The van der Waals surface area contributed by atoms with E-state index in [2.05, 4.69) is 15.2 Å². The minimum atomic E-state index is -0.384. The van der Waals surface area contributed by atoms with E-state index in [0.29, 0.717) is 34.3 Å². The van der Waals surface area contributed by atoms with E-state index in [1.54, 1.807) is 18.2 Å². The number of imidazole rings is 1. The first kappa shape index (κ1) is 16.1. The zero-order chi connectivity index (χ0) is 18.1. The number of benzene rings is 1. The Kier molecular flexibility index (Phi) is 4.00. The molecule has 26 heavy (non-hydrogen) atoms. The number of carbonyl (C=O) groups excluding carboxylic acids is 1. The van der Waals surface area contributed by atoms with Crippen LogP contribution in [0.15, 0.2) is 46.6 Å². The summed E-state index contributed by atoms with van der Waals surface area (Å²) in [5.74, 6) is 1.43. The van der Waals surface area contributed by atoms with Crippen LogP contribution >= 0.6 is 0 Å². The molecule has 0 atom stereocenters. The molecule has 0 saturated heterocycles. The second kappa shape index (κ2) is 6.47. The number of fused-ring (bicyclic) bond motifs is 2. The summed E-state index contributed by atoms with van der Waals surface area (Å²) in [4.78, 5) is 16.2. The highest BCUT2D eigenvalue weighted by Crippen LogP contribution is 2.36. The Balaban J connectivity index is 1.76. The van der Waals surface area contributed by atoms with E-state index in [4.69, 9.17) is 14.2 Å². The summed E-state index contributed by atoms with van der Waals surface area (Å²) in [6, 6.07) is 11.0. The molecule has 8 heteroatoms. The van der Waals surface area contributed by atoms with Crippen molar-refractivity contribution in [1.29, 1.82) is 0 Å². The highest BCUT2D eigenvalue weighted by molar-refractivity contribution is 5.74. The molecule has 8 nitrogen and oxygen atoms in total. The normalized spacial score (nSPS) is 12.8. The van der Waals surface area contributed by atoms with E-state index >= 15 is 0 Å². The monoisotopic (exact) mass is 352 g/mol. The van der Waals surface area contributed by atoms with Gasteiger partial charge in [-0.1, -0.05) is 6.07 Å². The van der Waals surface area contributed by atoms with Crippen molar-refractivity contribution in [3.05, 3.63) is 47.8 Å². The van der Waals surface area contributed by atoms with Gasteiger partial charge in [0.25, 0.3) is 0 Å². The summed E-state index contributed by atoms with van der Waals surface area (Å²) in [7, 11) is 1.34. The van der Waals surface area contributed by atoms with Crippen molar-refractivity contribution in [2.75, 3.05) is 13.9 Å². The summed E-state index contributed by atoms with van der Waals surface area (Å²) in [6.07, 6.45) is 0.0209. The number of pyridine rings is 1. The average molecular weight is 352 g/mol. The van der Waals surface area contributed by atoms with Crippen LogP contribution in [0, 0.1) is 6.92 Å². The molecule has 0 saturated carbocycles. The predicted octanol–water partition coefficient (Wildman–Crippen LogP) is 3.50. The maximum absolute atomic E-state index is 11.7. The second-order valence-electron chi connectivity index (χ2n) is 5.73. The van der Waals surface area contributed by atoms with Crippen LogP contribution in [0.3, 0.4) is 0 Å². The third-order valence-corrected chi connectivity index (χ3v) is 4.04. The summed E-state index contributed by atoms with van der Waals surface area (Å²) < 4.78 is 17.3. The van der Waals surface area contributed by atoms with E-state index < -0.39 is 0 Å². The molecule has 3 aromatic rings. The molecule has 4 rings (SSSR count). The van der Waals surface area contributed by atoms with Gasteiger partial charge in [-0.2, -0.15) is 0 Å². The van der Waals surface area contributed by atoms with Crippen LogP contribution in [0.2, 0.25) is 0 Å². The van der Waals surface area contributed by atoms with Crippen molar-refractivity contribution in [1.82, 2.24) is 9.38 Å². The van der Waals surface area contributed by atoms with Crippen molar-refractivity contribution in [3.8, 4) is 11.5 Å². The maximum atomic E-state index is 11.7. The topological polar surface area (TPSA) is 86.8 Å². The second-order valence-corrected chi connectivity index (χ2v) is 5.73. The molecule has 3 heterocycles. The zero-order valence-corrected chi connectivity index (χ0v) is 14.3. The third-order valence-electron chi connectivity index (χ3n) is 4.04. The number of rotatable bonds is 4. The molecule has 1 aliphatic heterocycles. The fourth-order valence-electron chi connectivity index (χ4n) is 2.77. The van der Waals surface area contributed by atoms with Gasteiger partial charge in [-0.15, -0.1) is 10.2 Å². The van der Waals surface area contributed by atoms with Gasteiger partial charge in [0.15, 0.2) is 17.3 Å². The molecule has 0 radical (unpaired) electrons. The van der Waals surface area contributed by atoms with Gasteiger partial charge in [-0.25, -0.2) is 4.98 Å². The minimum Gasteiger partial charge on any atom is -0.469 e. The van der Waals surface area contributed by atoms with Gasteiger partial charge in [0.2, 0.25) is 6.79 Å². The van der Waals surface area contributed by atoms with Crippen LogP contribution in [0.4, 0.5) is 11.5 Å². The zero-order valence-electron chi connectivity index (χ0n) is 14.3. The van der Waals surface area contributed by atoms with Gasteiger partial charge >= 0.3 is 5.97 Å². The van der Waals surface area contributed by atoms with E-state index in [1.807, 2.05) is 29.5 Å². The van der Waals surface area contributed by atoms with Gasteiger partial charge in [0, 0.05) is 11.8 Å². The number of esters is 1. The molecule has 2 aromatic heterocycles. The Morgan fingerprint density at radius 1 is 1.23 bits per heavy atom. The first-order valence-electron chi connectivity index (χ1n) is 8.01. The van der Waals surface area contributed by atoms with E-state index in [0.717, 1.165) is 5.69 Å². The van der Waals surface area contributed by atoms with Crippen LogP contribution in [-0.4, -0.2) is 29.3 Å². The predicted molar refractivity (Wildman–Crippen MR) is 92.4 cm³/mol. The van der Waals surface area contributed by atoms with E-state index in [1.165, 1.54) is 7.11 Å². The lowest BCUT2D eigenvalue weighted by molar-refractivity contribution is -0.139. The largest absolute Gasteiger partial charge is 0.469 e. The molecule has 1 aromatic carbocycles. The Bertz CT molecular complexity index is 1030. The van der Waals surface area contributed by atoms with Crippen LogP contribution in [0.1, 0.15) is 11.4 Å². The highest BCUT2D eigenvalue weighted by atomic mass is 16.7. The Hall–Kier alpha value is -3.42. The van der Waals surface area contributed by atoms with Gasteiger partial charge in [-0.3, -0.25) is 9.20 Å². The number of aryl methyl sites for hydroxylation is 1. The molecule has 0 aliphatic carbocycles. The van der Waals surface area contributed by atoms with Gasteiger partial charge < -0.3 is 14.2 Å². The third kappa shape index (κ3) is 2.85. The fourth-order valence-corrected chi connectivity index (χ4v) is 2.77. The van der Waals surface area contributed by atoms with E-state index in [-0.39, 0.29) is 19.2 Å². The maximum Gasteiger partial charge on any atom is 0.311 e. The van der Waals surface area contributed by atoms with Gasteiger partial charge in [0.05, 0.1) is 24.9 Å². The number of hydrogen-bond donors (Lipinski definition) is 0. The smallest absolute Gasteiger partial charge is 0.311 e. The Labute approximate surface area is 149 Å². The lowest BCUT2D eigenvalue weighted by Crippen LogP contribution is -2.04. The van der Waals surface area contributed by atoms with Crippen molar-refractivity contribution < 1.29 is 19.0 Å². The Morgan fingerprint density at radius 2 is 2.08 bits per heavy atom. The van der Waals surface area contributed by atoms with Crippen molar-refractivity contribution in [3.63, 3.8) is 0 Å². The van der Waals surface area contributed by atoms with Crippen LogP contribution in [0.25, 0.3) is 5.65 Å². The van der Waals surface area contributed by atoms with Crippen LogP contribution in [0.5, 0.6) is 11.5 Å². The fraction of sp³-hybridized carbons (Fsp3) is 0.222. The lowest BCUT2D eigenvalue weighted by Gasteiger charge is -2.02. The average Bonchev–Trinajstić information content (AvgIpc) is 3.24. The quantitative estimate of drug-likeness (QED) is 0.530. The van der Waals surface area contributed by atoms with Crippen LogP contribution < -0.4 is 9.47 Å². The number of azo groups is 1. The minimum absolute atomic E-state index is 0.0209. The van der Waals surface area contributed by atoms with Crippen molar-refractivity contribution in [2.24, 2.45) is 10.2 Å². The number of hydrogen-bond acceptors (Lipinski definition) is 7. The molecular formula is C18H16N4O4. The Morgan fingerprint density at radius 3 is 2.92 bits per heavy atom. The van der Waals surface area contributed by atoms with Gasteiger partial charge in [-0.05, 0) is 31.2 Å². The molecule has 132 valence electrons. The van der Waals surface area contributed by atoms with Crippen LogP contribution in [-0.2, 0) is 16.0 Å². The molecule has 0 N–H and O–H groups in total. The summed E-state index contributed by atoms with van der Waals surface area (Å²) in [5, 5.41) is 8.65. The molecule has 0 unspecified atom stereocenters. The first-order chi connectivity index (χ1) is 12.7. The molecule has 0 amide bonds. The number of nitrogens with zero attached hydrogens (tertiary/aromatic N) is 4. The standard InChI is InChI=1S/C18H16N4O4/c1-11-4-3-5-16-19-13(9-17(23)24-2)18(22(11)16)21-20-12-6-7-14-15(8-12)26-10-25-14/h3-8H,9-10H2,1-2H3. The van der Waals surface area contributed by atoms with Gasteiger partial charge in [0.1, 0.15) is 5.65 Å². The SMILES string of the molecule is COC(=O)Cc1nc2cccc(C)n2c1N=Nc1ccc2c(c1)OCO2. The molecular weight excluding hydrogens is 336 g/mol. The summed E-state index contributed by atoms with van der Waals surface area (Å²) in [5.41, 5.74) is 2.76. The molecule has 0 fully saturated rings. The number of carbonyl (C=O) groups is 1. The highest BCUT2D eigenvalue weighted by Gasteiger charge is 2.17. The summed E-state index contributed by atoms with van der Waals surface area (Å²) >= 11 is 0. The number of aromatic nitrogens is 2. The van der Waals surface area contributed by atoms with Crippen molar-refractivity contribution in [2.45, 2.75) is 13.3 Å². The molecule has 1 aliphatic rings. The lowest BCUT2D eigenvalue weighted by atomic mass is 10.3. The first-order valence-corrected chi connectivity index (χ1v) is 8.01. The molecule has 0 bridgehead atoms. The number of ether oxygens (including phenoxy) is 3. The summed E-state index contributed by atoms with van der Waals surface area (Å²) in [6.45, 7) is 2.14. The molecule has 0 spiro atoms. The number of methoxy groups -OCH3 is 1. The van der Waals surface area contributed by atoms with E-state index in [9.17, 15) is 4.79 Å².